The monoisotopic (exact) mass is 486 g/mol. The van der Waals surface area contributed by atoms with Gasteiger partial charge in [0, 0.05) is 42.5 Å². The number of aromatic nitrogens is 4. The summed E-state index contributed by atoms with van der Waals surface area (Å²) >= 11 is 6.29. The highest BCUT2D eigenvalue weighted by molar-refractivity contribution is 6.33. The van der Waals surface area contributed by atoms with E-state index in [1.165, 1.54) is 6.07 Å². The van der Waals surface area contributed by atoms with Crippen molar-refractivity contribution in [2.45, 2.75) is 6.18 Å². The molecular formula is C23H18ClF3N6O. The molecule has 1 amide bonds. The van der Waals surface area contributed by atoms with Crippen LogP contribution in [0.5, 0.6) is 0 Å². The molecule has 2 aromatic heterocycles. The maximum absolute atomic E-state index is 13.2. The van der Waals surface area contributed by atoms with Crippen molar-refractivity contribution < 1.29 is 18.0 Å². The molecule has 0 saturated carbocycles. The summed E-state index contributed by atoms with van der Waals surface area (Å²) in [6.45, 7) is 1.41. The van der Waals surface area contributed by atoms with E-state index in [9.17, 15) is 18.0 Å². The maximum atomic E-state index is 13.2. The Balaban J connectivity index is 1.35. The van der Waals surface area contributed by atoms with Gasteiger partial charge in [0.25, 0.3) is 0 Å². The Labute approximate surface area is 197 Å². The van der Waals surface area contributed by atoms with E-state index in [1.54, 1.807) is 29.2 Å². The summed E-state index contributed by atoms with van der Waals surface area (Å²) < 4.78 is 40.3. The number of carbonyl (C=O) groups excluding carboxylic acids is 1. The van der Waals surface area contributed by atoms with Crippen LogP contribution in [0.25, 0.3) is 22.4 Å². The lowest BCUT2D eigenvalue weighted by Crippen LogP contribution is -2.50. The molecule has 1 aliphatic heterocycles. The van der Waals surface area contributed by atoms with Gasteiger partial charge in [-0.15, -0.1) is 9.78 Å². The van der Waals surface area contributed by atoms with Crippen LogP contribution in [0.1, 0.15) is 5.56 Å². The van der Waals surface area contributed by atoms with Gasteiger partial charge < -0.3 is 9.80 Å². The number of hydrogen-bond acceptors (Lipinski definition) is 5. The van der Waals surface area contributed by atoms with Gasteiger partial charge in [-0.25, -0.2) is 9.78 Å². The van der Waals surface area contributed by atoms with Gasteiger partial charge in [0.2, 0.25) is 0 Å². The minimum absolute atomic E-state index is 0.308. The SMILES string of the molecule is O=C(N1CCN(c2cccc(C(F)(F)F)c2)CC1)n1nnc2ccc(-c3ccccc3Cl)nc21. The smallest absolute Gasteiger partial charge is 0.368 e. The fourth-order valence-corrected chi connectivity index (χ4v) is 4.16. The number of anilines is 1. The van der Waals surface area contributed by atoms with Gasteiger partial charge in [-0.3, -0.25) is 0 Å². The summed E-state index contributed by atoms with van der Waals surface area (Å²) in [4.78, 5) is 21.1. The number of alkyl halides is 3. The number of amides is 1. The average molecular weight is 487 g/mol. The second kappa shape index (κ2) is 8.60. The largest absolute Gasteiger partial charge is 0.416 e. The molecule has 0 bridgehead atoms. The highest BCUT2D eigenvalue weighted by Crippen LogP contribution is 2.32. The van der Waals surface area contributed by atoms with Gasteiger partial charge in [0.1, 0.15) is 5.52 Å². The first-order valence-corrected chi connectivity index (χ1v) is 10.9. The number of nitrogens with zero attached hydrogens (tertiary/aromatic N) is 6. The minimum Gasteiger partial charge on any atom is -0.368 e. The van der Waals surface area contributed by atoms with E-state index in [0.29, 0.717) is 53.7 Å². The van der Waals surface area contributed by atoms with E-state index in [-0.39, 0.29) is 0 Å². The molecule has 0 atom stereocenters. The quantitative estimate of drug-likeness (QED) is 0.401. The molecule has 0 spiro atoms. The lowest BCUT2D eigenvalue weighted by molar-refractivity contribution is -0.137. The van der Waals surface area contributed by atoms with Crippen LogP contribution in [0.2, 0.25) is 5.02 Å². The van der Waals surface area contributed by atoms with E-state index in [2.05, 4.69) is 15.3 Å². The molecule has 0 unspecified atom stereocenters. The van der Waals surface area contributed by atoms with Gasteiger partial charge >= 0.3 is 12.2 Å². The number of benzene rings is 2. The summed E-state index contributed by atoms with van der Waals surface area (Å²) in [5, 5.41) is 8.56. The van der Waals surface area contributed by atoms with Gasteiger partial charge in [-0.2, -0.15) is 13.2 Å². The Morgan fingerprint density at radius 1 is 0.941 bits per heavy atom. The molecule has 5 rings (SSSR count). The molecule has 2 aromatic carbocycles. The lowest BCUT2D eigenvalue weighted by Gasteiger charge is -2.35. The third kappa shape index (κ3) is 4.16. The van der Waals surface area contributed by atoms with Crippen molar-refractivity contribution in [3.8, 4) is 11.3 Å². The van der Waals surface area contributed by atoms with E-state index < -0.39 is 17.8 Å². The van der Waals surface area contributed by atoms with Crippen LogP contribution in [-0.4, -0.2) is 57.1 Å². The standard InChI is InChI=1S/C23H18ClF3N6O/c24-18-7-2-1-6-17(18)19-8-9-20-21(28-19)33(30-29-20)22(34)32-12-10-31(11-13-32)16-5-3-4-15(14-16)23(25,26)27/h1-9,14H,10-13H2. The molecule has 174 valence electrons. The molecule has 11 heteroatoms. The highest BCUT2D eigenvalue weighted by Gasteiger charge is 2.31. The van der Waals surface area contributed by atoms with Crippen molar-refractivity contribution >= 4 is 34.5 Å². The van der Waals surface area contributed by atoms with Crippen LogP contribution in [0.3, 0.4) is 0 Å². The van der Waals surface area contributed by atoms with E-state index in [1.807, 2.05) is 23.1 Å². The van der Waals surface area contributed by atoms with Gasteiger partial charge in [-0.1, -0.05) is 41.1 Å². The number of hydrogen-bond donors (Lipinski definition) is 0. The second-order valence-electron chi connectivity index (χ2n) is 7.83. The molecule has 1 fully saturated rings. The van der Waals surface area contributed by atoms with Crippen molar-refractivity contribution in [3.05, 3.63) is 71.2 Å². The zero-order valence-electron chi connectivity index (χ0n) is 17.7. The molecule has 0 N–H and O–H groups in total. The van der Waals surface area contributed by atoms with Crippen molar-refractivity contribution in [3.63, 3.8) is 0 Å². The summed E-state index contributed by atoms with van der Waals surface area (Å²) in [6.07, 6.45) is -4.40. The fourth-order valence-electron chi connectivity index (χ4n) is 3.93. The van der Waals surface area contributed by atoms with Crippen LogP contribution < -0.4 is 4.90 Å². The van der Waals surface area contributed by atoms with Gasteiger partial charge in [-0.05, 0) is 36.4 Å². The third-order valence-electron chi connectivity index (χ3n) is 5.72. The number of pyridine rings is 1. The van der Waals surface area contributed by atoms with Gasteiger partial charge in [0.05, 0.1) is 11.3 Å². The number of halogens is 4. The first kappa shape index (κ1) is 22.1. The molecule has 0 aliphatic carbocycles. The molecular weight excluding hydrogens is 469 g/mol. The summed E-state index contributed by atoms with van der Waals surface area (Å²) in [5.74, 6) is 0. The Morgan fingerprint density at radius 2 is 1.71 bits per heavy atom. The molecule has 0 radical (unpaired) electrons. The van der Waals surface area contributed by atoms with Crippen LogP contribution in [0, 0.1) is 0 Å². The normalized spacial score (nSPS) is 14.6. The number of piperazine rings is 1. The summed E-state index contributed by atoms with van der Waals surface area (Å²) in [6, 6.07) is 15.5. The zero-order chi connectivity index (χ0) is 23.9. The Bertz CT molecular complexity index is 1360. The van der Waals surface area contributed by atoms with E-state index >= 15 is 0 Å². The maximum Gasteiger partial charge on any atom is 0.416 e. The average Bonchev–Trinajstić information content (AvgIpc) is 3.27. The topological polar surface area (TPSA) is 67.2 Å². The predicted octanol–water partition coefficient (Wildman–Crippen LogP) is 4.96. The molecule has 1 saturated heterocycles. The molecule has 7 nitrogen and oxygen atoms in total. The number of carbonyl (C=O) groups is 1. The number of fused-ring (bicyclic) bond motifs is 1. The fraction of sp³-hybridized carbons (Fsp3) is 0.217. The van der Waals surface area contributed by atoms with Crippen LogP contribution in [0.4, 0.5) is 23.7 Å². The Hall–Kier alpha value is -3.66. The predicted molar refractivity (Wildman–Crippen MR) is 122 cm³/mol. The second-order valence-corrected chi connectivity index (χ2v) is 8.23. The van der Waals surface area contributed by atoms with Crippen LogP contribution in [-0.2, 0) is 6.18 Å². The van der Waals surface area contributed by atoms with E-state index in [4.69, 9.17) is 11.6 Å². The van der Waals surface area contributed by atoms with E-state index in [0.717, 1.165) is 22.4 Å². The molecule has 1 aliphatic rings. The van der Waals surface area contributed by atoms with Crippen molar-refractivity contribution in [2.75, 3.05) is 31.1 Å². The van der Waals surface area contributed by atoms with Crippen LogP contribution in [0.15, 0.2) is 60.7 Å². The van der Waals surface area contributed by atoms with Gasteiger partial charge in [0.15, 0.2) is 5.65 Å². The first-order valence-electron chi connectivity index (χ1n) is 10.5. The molecule has 34 heavy (non-hydrogen) atoms. The third-order valence-corrected chi connectivity index (χ3v) is 6.05. The zero-order valence-corrected chi connectivity index (χ0v) is 18.5. The molecule has 4 aromatic rings. The van der Waals surface area contributed by atoms with Crippen molar-refractivity contribution in [1.82, 2.24) is 24.9 Å². The summed E-state index contributed by atoms with van der Waals surface area (Å²) in [5.41, 5.74) is 1.86. The first-order chi connectivity index (χ1) is 16.3. The van der Waals surface area contributed by atoms with Crippen molar-refractivity contribution in [2.24, 2.45) is 0 Å². The highest BCUT2D eigenvalue weighted by atomic mass is 35.5. The summed E-state index contributed by atoms with van der Waals surface area (Å²) in [7, 11) is 0. The minimum atomic E-state index is -4.40. The Kier molecular flexibility index (Phi) is 5.60. The number of rotatable bonds is 2. The van der Waals surface area contributed by atoms with Crippen LogP contribution >= 0.6 is 11.6 Å². The molecule has 3 heterocycles. The van der Waals surface area contributed by atoms with Crippen molar-refractivity contribution in [1.29, 1.82) is 0 Å². The Morgan fingerprint density at radius 3 is 2.44 bits per heavy atom. The lowest BCUT2D eigenvalue weighted by atomic mass is 10.1.